The summed E-state index contributed by atoms with van der Waals surface area (Å²) in [7, 11) is 0. The Bertz CT molecular complexity index is 550. The van der Waals surface area contributed by atoms with Gasteiger partial charge in [-0.2, -0.15) is 0 Å². The molecule has 1 aromatic heterocycles. The number of thiophene rings is 1. The molecule has 0 N–H and O–H groups in total. The number of hydroxylamine groups is 2. The van der Waals surface area contributed by atoms with Crippen LogP contribution in [0.5, 0.6) is 0 Å². The first kappa shape index (κ1) is 11.4. The smallest absolute Gasteiger partial charge is 0.357 e. The second kappa shape index (κ2) is 4.92. The van der Waals surface area contributed by atoms with Crippen molar-refractivity contribution < 1.29 is 9.63 Å². The molecule has 3 rings (SSSR count). The number of carbonyl (C=O) groups excluding carboxylic acids is 1. The van der Waals surface area contributed by atoms with E-state index < -0.39 is 0 Å². The highest BCUT2D eigenvalue weighted by Crippen LogP contribution is 2.24. The first-order valence-electron chi connectivity index (χ1n) is 5.90. The van der Waals surface area contributed by atoms with Crippen molar-refractivity contribution in [2.75, 3.05) is 6.54 Å². The topological polar surface area (TPSA) is 29.5 Å². The van der Waals surface area contributed by atoms with Gasteiger partial charge in [-0.25, -0.2) is 4.79 Å². The summed E-state index contributed by atoms with van der Waals surface area (Å²) >= 11 is 1.78. The van der Waals surface area contributed by atoms with Crippen LogP contribution in [0.1, 0.15) is 20.8 Å². The highest BCUT2D eigenvalue weighted by Gasteiger charge is 2.20. The lowest BCUT2D eigenvalue weighted by Gasteiger charge is -2.25. The molecule has 92 valence electrons. The number of hydrogen-bond donors (Lipinski definition) is 0. The fourth-order valence-electron chi connectivity index (χ4n) is 2.04. The Morgan fingerprint density at radius 1 is 1.22 bits per heavy atom. The maximum Gasteiger partial charge on any atom is 0.357 e. The third-order valence-electron chi connectivity index (χ3n) is 2.99. The van der Waals surface area contributed by atoms with Crippen LogP contribution < -0.4 is 0 Å². The molecule has 0 atom stereocenters. The third-order valence-corrected chi connectivity index (χ3v) is 4.02. The van der Waals surface area contributed by atoms with Gasteiger partial charge in [0.2, 0.25) is 0 Å². The van der Waals surface area contributed by atoms with Crippen LogP contribution in [0.2, 0.25) is 0 Å². The molecule has 18 heavy (non-hydrogen) atoms. The lowest BCUT2D eigenvalue weighted by molar-refractivity contribution is -0.119. The van der Waals surface area contributed by atoms with Crippen LogP contribution >= 0.6 is 11.3 Å². The number of nitrogens with zero attached hydrogens (tertiary/aromatic N) is 1. The van der Waals surface area contributed by atoms with Crippen molar-refractivity contribution in [3.63, 3.8) is 0 Å². The number of benzene rings is 1. The molecular weight excluding hydrogens is 246 g/mol. The first-order chi connectivity index (χ1) is 8.83. The minimum Gasteiger partial charge on any atom is -0.364 e. The van der Waals surface area contributed by atoms with Gasteiger partial charge in [0.15, 0.2) is 0 Å². The Labute approximate surface area is 110 Å². The van der Waals surface area contributed by atoms with Crippen LogP contribution in [0, 0.1) is 0 Å². The normalized spacial score (nSPS) is 15.1. The molecule has 0 amide bonds. The SMILES string of the molecule is O=C(ON1CCc2sccc2C1)c1ccccc1. The van der Waals surface area contributed by atoms with Crippen molar-refractivity contribution >= 4 is 17.3 Å². The van der Waals surface area contributed by atoms with Gasteiger partial charge < -0.3 is 4.84 Å². The highest BCUT2D eigenvalue weighted by atomic mass is 32.1. The lowest BCUT2D eigenvalue weighted by atomic mass is 10.1. The highest BCUT2D eigenvalue weighted by molar-refractivity contribution is 7.10. The maximum absolute atomic E-state index is 11.9. The maximum atomic E-state index is 11.9. The summed E-state index contributed by atoms with van der Waals surface area (Å²) < 4.78 is 0. The van der Waals surface area contributed by atoms with Gasteiger partial charge in [0.25, 0.3) is 0 Å². The van der Waals surface area contributed by atoms with Gasteiger partial charge in [-0.1, -0.05) is 18.2 Å². The zero-order chi connectivity index (χ0) is 12.4. The summed E-state index contributed by atoms with van der Waals surface area (Å²) in [6.07, 6.45) is 0.953. The van der Waals surface area contributed by atoms with E-state index in [2.05, 4.69) is 11.4 Å². The van der Waals surface area contributed by atoms with Crippen LogP contribution in [0.3, 0.4) is 0 Å². The fraction of sp³-hybridized carbons (Fsp3) is 0.214. The summed E-state index contributed by atoms with van der Waals surface area (Å²) in [5.41, 5.74) is 1.86. The minimum atomic E-state index is -0.283. The van der Waals surface area contributed by atoms with Crippen molar-refractivity contribution in [2.45, 2.75) is 13.0 Å². The van der Waals surface area contributed by atoms with Gasteiger partial charge in [-0.05, 0) is 35.6 Å². The molecule has 0 saturated heterocycles. The van der Waals surface area contributed by atoms with Crippen LogP contribution in [-0.2, 0) is 17.8 Å². The second-order valence-corrected chi connectivity index (χ2v) is 5.23. The monoisotopic (exact) mass is 259 g/mol. The summed E-state index contributed by atoms with van der Waals surface area (Å²) in [6.45, 7) is 1.46. The molecule has 0 saturated carbocycles. The molecule has 4 heteroatoms. The predicted octanol–water partition coefficient (Wildman–Crippen LogP) is 2.88. The molecule has 1 aromatic carbocycles. The van der Waals surface area contributed by atoms with Crippen molar-refractivity contribution in [3.8, 4) is 0 Å². The second-order valence-electron chi connectivity index (χ2n) is 4.23. The number of carbonyl (C=O) groups is 1. The van der Waals surface area contributed by atoms with E-state index in [-0.39, 0.29) is 5.97 Å². The average Bonchev–Trinajstić information content (AvgIpc) is 2.87. The van der Waals surface area contributed by atoms with Crippen molar-refractivity contribution in [3.05, 3.63) is 57.8 Å². The molecule has 1 aliphatic heterocycles. The third kappa shape index (κ3) is 2.30. The molecule has 0 aliphatic carbocycles. The van der Waals surface area contributed by atoms with Crippen molar-refractivity contribution in [1.29, 1.82) is 0 Å². The first-order valence-corrected chi connectivity index (χ1v) is 6.78. The summed E-state index contributed by atoms with van der Waals surface area (Å²) in [6, 6.07) is 11.2. The van der Waals surface area contributed by atoms with Gasteiger partial charge in [-0.15, -0.1) is 16.4 Å². The average molecular weight is 259 g/mol. The zero-order valence-electron chi connectivity index (χ0n) is 9.83. The molecule has 2 heterocycles. The molecular formula is C14H13NO2S. The van der Waals surface area contributed by atoms with E-state index in [1.54, 1.807) is 28.5 Å². The molecule has 3 nitrogen and oxygen atoms in total. The van der Waals surface area contributed by atoms with Crippen molar-refractivity contribution in [2.24, 2.45) is 0 Å². The molecule has 2 aromatic rings. The quantitative estimate of drug-likeness (QED) is 0.830. The summed E-state index contributed by atoms with van der Waals surface area (Å²) in [5.74, 6) is -0.283. The number of rotatable bonds is 2. The van der Waals surface area contributed by atoms with Crippen LogP contribution in [-0.4, -0.2) is 17.6 Å². The number of hydrogen-bond acceptors (Lipinski definition) is 4. The Hall–Kier alpha value is -1.65. The van der Waals surface area contributed by atoms with Crippen LogP contribution in [0.15, 0.2) is 41.8 Å². The Kier molecular flexibility index (Phi) is 3.13. The molecule has 0 unspecified atom stereocenters. The molecule has 0 fully saturated rings. The Morgan fingerprint density at radius 3 is 2.89 bits per heavy atom. The van der Waals surface area contributed by atoms with E-state index in [1.807, 2.05) is 18.2 Å². The van der Waals surface area contributed by atoms with E-state index in [1.165, 1.54) is 10.4 Å². The van der Waals surface area contributed by atoms with E-state index in [0.29, 0.717) is 12.1 Å². The largest absolute Gasteiger partial charge is 0.364 e. The molecule has 0 bridgehead atoms. The van der Waals surface area contributed by atoms with E-state index >= 15 is 0 Å². The standard InChI is InChI=1S/C14H13NO2S/c16-14(11-4-2-1-3-5-11)17-15-8-6-13-12(10-15)7-9-18-13/h1-5,7,9H,6,8,10H2. The molecule has 0 spiro atoms. The Balaban J connectivity index is 1.67. The predicted molar refractivity (Wildman–Crippen MR) is 70.3 cm³/mol. The number of fused-ring (bicyclic) bond motifs is 1. The Morgan fingerprint density at radius 2 is 2.06 bits per heavy atom. The van der Waals surface area contributed by atoms with E-state index in [9.17, 15) is 4.79 Å². The fourth-order valence-corrected chi connectivity index (χ4v) is 2.93. The van der Waals surface area contributed by atoms with Gasteiger partial charge in [0.05, 0.1) is 12.1 Å². The lowest BCUT2D eigenvalue weighted by Crippen LogP contribution is -2.32. The van der Waals surface area contributed by atoms with Gasteiger partial charge in [0, 0.05) is 11.4 Å². The summed E-state index contributed by atoms with van der Waals surface area (Å²) in [4.78, 5) is 18.7. The summed E-state index contributed by atoms with van der Waals surface area (Å²) in [5, 5.41) is 3.83. The van der Waals surface area contributed by atoms with Crippen LogP contribution in [0.25, 0.3) is 0 Å². The van der Waals surface area contributed by atoms with Crippen LogP contribution in [0.4, 0.5) is 0 Å². The van der Waals surface area contributed by atoms with E-state index in [0.717, 1.165) is 13.0 Å². The van der Waals surface area contributed by atoms with E-state index in [4.69, 9.17) is 4.84 Å². The van der Waals surface area contributed by atoms with Crippen molar-refractivity contribution in [1.82, 2.24) is 5.06 Å². The van der Waals surface area contributed by atoms with Gasteiger partial charge in [-0.3, -0.25) is 0 Å². The minimum absolute atomic E-state index is 0.283. The molecule has 0 radical (unpaired) electrons. The molecule has 1 aliphatic rings. The van der Waals surface area contributed by atoms with Gasteiger partial charge >= 0.3 is 5.97 Å². The van der Waals surface area contributed by atoms with Gasteiger partial charge in [0.1, 0.15) is 0 Å². The zero-order valence-corrected chi connectivity index (χ0v) is 10.7.